The van der Waals surface area contributed by atoms with Gasteiger partial charge in [0.25, 0.3) is 11.4 Å². The van der Waals surface area contributed by atoms with Gasteiger partial charge in [0.05, 0.1) is 9.85 Å². The summed E-state index contributed by atoms with van der Waals surface area (Å²) in [5.74, 6) is 0. The molecule has 0 aliphatic rings. The van der Waals surface area contributed by atoms with Crippen molar-refractivity contribution in [3.05, 3.63) is 68.8 Å². The highest BCUT2D eigenvalue weighted by atomic mass is 32.2. The van der Waals surface area contributed by atoms with E-state index >= 15 is 0 Å². The average Bonchev–Trinajstić information content (AvgIpc) is 2.47. The van der Waals surface area contributed by atoms with Crippen molar-refractivity contribution in [3.63, 3.8) is 0 Å². The molecule has 0 bridgehead atoms. The molecule has 2 aromatic carbocycles. The fourth-order valence-corrected chi connectivity index (χ4v) is 3.40. The van der Waals surface area contributed by atoms with Crippen molar-refractivity contribution in [1.82, 2.24) is 0 Å². The molecule has 23 heavy (non-hydrogen) atoms. The Morgan fingerprint density at radius 1 is 0.739 bits per heavy atom. The molecule has 0 aromatic heterocycles. The summed E-state index contributed by atoms with van der Waals surface area (Å²) in [6.07, 6.45) is 0. The third-order valence-electron chi connectivity index (χ3n) is 2.57. The Hall–Kier alpha value is -2.20. The van der Waals surface area contributed by atoms with Gasteiger partial charge in [-0.15, -0.1) is 0 Å². The summed E-state index contributed by atoms with van der Waals surface area (Å²) in [5.41, 5.74) is -0.360. The van der Waals surface area contributed by atoms with E-state index < -0.39 is 14.4 Å². The lowest BCUT2D eigenvalue weighted by Crippen LogP contribution is -2.03. The fourth-order valence-electron chi connectivity index (χ4n) is 1.57. The zero-order valence-corrected chi connectivity index (χ0v) is 12.9. The summed E-state index contributed by atoms with van der Waals surface area (Å²) in [6.45, 7) is 0. The van der Waals surface area contributed by atoms with Crippen molar-refractivity contribution in [1.29, 1.82) is 0 Å². The quantitative estimate of drug-likeness (QED) is 0.315. The van der Waals surface area contributed by atoms with Crippen LogP contribution in [0.1, 0.15) is 0 Å². The van der Waals surface area contributed by atoms with E-state index in [4.69, 9.17) is 0 Å². The van der Waals surface area contributed by atoms with E-state index in [0.29, 0.717) is 0 Å². The largest absolute Gasteiger partial charge is 0.350 e. The maximum atomic E-state index is 14.0. The van der Waals surface area contributed by atoms with Crippen LogP contribution < -0.4 is 0 Å². The van der Waals surface area contributed by atoms with E-state index in [-0.39, 0.29) is 44.7 Å². The predicted octanol–water partition coefficient (Wildman–Crippen LogP) is 4.94. The van der Waals surface area contributed by atoms with Gasteiger partial charge in [-0.25, -0.2) is 0 Å². The molecule has 2 aromatic rings. The minimum absolute atomic E-state index is 0.176. The maximum absolute atomic E-state index is 14.0. The normalized spacial score (nSPS) is 11.2. The van der Waals surface area contributed by atoms with Crippen LogP contribution in [0.4, 0.5) is 20.2 Å². The lowest BCUT2D eigenvalue weighted by Gasteiger charge is -2.14. The van der Waals surface area contributed by atoms with Crippen molar-refractivity contribution in [2.45, 2.75) is 14.4 Å². The molecule has 0 saturated heterocycles. The van der Waals surface area contributed by atoms with E-state index in [2.05, 4.69) is 0 Å². The van der Waals surface area contributed by atoms with E-state index in [1.807, 2.05) is 0 Å². The van der Waals surface area contributed by atoms with Crippen LogP contribution in [-0.4, -0.2) is 14.4 Å². The monoisotopic (exact) mass is 358 g/mol. The second kappa shape index (κ2) is 6.92. The number of benzene rings is 2. The van der Waals surface area contributed by atoms with Gasteiger partial charge in [-0.05, 0) is 47.8 Å². The molecule has 10 heteroatoms. The highest BCUT2D eigenvalue weighted by Crippen LogP contribution is 2.48. The van der Waals surface area contributed by atoms with Crippen molar-refractivity contribution in [2.75, 3.05) is 0 Å². The fraction of sp³-hybridized carbons (Fsp3) is 0.0769. The lowest BCUT2D eigenvalue weighted by molar-refractivity contribution is -0.385. The average molecular weight is 358 g/mol. The molecule has 6 nitrogen and oxygen atoms in total. The molecular weight excluding hydrogens is 350 g/mol. The van der Waals surface area contributed by atoms with E-state index in [0.717, 1.165) is 24.3 Å². The van der Waals surface area contributed by atoms with Crippen molar-refractivity contribution in [2.24, 2.45) is 0 Å². The molecule has 0 aliphatic carbocycles. The third kappa shape index (κ3) is 4.89. The molecule has 0 aliphatic heterocycles. The SMILES string of the molecule is O=[N+]([O-])c1ccc(SC(F)(F)Sc2ccc([N+](=O)[O-])cc2)cc1. The first kappa shape index (κ1) is 17.2. The van der Waals surface area contributed by atoms with Gasteiger partial charge in [0.2, 0.25) is 0 Å². The molecule has 0 spiro atoms. The first-order valence-corrected chi connectivity index (χ1v) is 7.65. The Balaban J connectivity index is 2.06. The first-order chi connectivity index (χ1) is 10.8. The van der Waals surface area contributed by atoms with Crippen LogP contribution in [0.15, 0.2) is 58.3 Å². The van der Waals surface area contributed by atoms with Gasteiger partial charge in [-0.2, -0.15) is 8.78 Å². The van der Waals surface area contributed by atoms with E-state index in [1.54, 1.807) is 0 Å². The molecular formula is C13H8F2N2O4S2. The van der Waals surface area contributed by atoms with Crippen LogP contribution in [0.5, 0.6) is 0 Å². The van der Waals surface area contributed by atoms with Crippen LogP contribution in [0.25, 0.3) is 0 Å². The summed E-state index contributed by atoms with van der Waals surface area (Å²) in [5, 5.41) is 21.0. The predicted molar refractivity (Wildman–Crippen MR) is 82.9 cm³/mol. The van der Waals surface area contributed by atoms with Gasteiger partial charge in [0.1, 0.15) is 0 Å². The smallest absolute Gasteiger partial charge is 0.258 e. The number of alkyl halides is 2. The van der Waals surface area contributed by atoms with Crippen molar-refractivity contribution in [3.8, 4) is 0 Å². The van der Waals surface area contributed by atoms with Crippen molar-refractivity contribution < 1.29 is 18.6 Å². The van der Waals surface area contributed by atoms with Crippen LogP contribution in [-0.2, 0) is 0 Å². The maximum Gasteiger partial charge on any atom is 0.350 e. The van der Waals surface area contributed by atoms with Gasteiger partial charge < -0.3 is 0 Å². The summed E-state index contributed by atoms with van der Waals surface area (Å²) in [7, 11) is 0. The molecule has 0 N–H and O–H groups in total. The summed E-state index contributed by atoms with van der Waals surface area (Å²) >= 11 is 0.490. The molecule has 0 fully saturated rings. The number of rotatable bonds is 6. The minimum Gasteiger partial charge on any atom is -0.258 e. The number of nitro benzene ring substituents is 2. The van der Waals surface area contributed by atoms with Crippen LogP contribution >= 0.6 is 23.5 Å². The van der Waals surface area contributed by atoms with Crippen LogP contribution in [0.2, 0.25) is 0 Å². The number of hydrogen-bond acceptors (Lipinski definition) is 6. The van der Waals surface area contributed by atoms with Gasteiger partial charge in [-0.1, -0.05) is 0 Å². The molecule has 2 rings (SSSR count). The zero-order valence-electron chi connectivity index (χ0n) is 11.2. The Labute approximate surface area is 137 Å². The van der Waals surface area contributed by atoms with Gasteiger partial charge in [-0.3, -0.25) is 20.2 Å². The van der Waals surface area contributed by atoms with Crippen LogP contribution in [0.3, 0.4) is 0 Å². The topological polar surface area (TPSA) is 86.3 Å². The van der Waals surface area contributed by atoms with E-state index in [1.165, 1.54) is 24.3 Å². The molecule has 0 unspecified atom stereocenters. The minimum atomic E-state index is -3.23. The number of thioether (sulfide) groups is 2. The highest BCUT2D eigenvalue weighted by molar-refractivity contribution is 8.17. The second-order valence-corrected chi connectivity index (χ2v) is 6.80. The van der Waals surface area contributed by atoms with Gasteiger partial charge in [0.15, 0.2) is 0 Å². The van der Waals surface area contributed by atoms with Crippen LogP contribution in [0, 0.1) is 20.2 Å². The summed E-state index contributed by atoms with van der Waals surface area (Å²) < 4.78 is 24.7. The molecule has 0 atom stereocenters. The number of nitro groups is 2. The standard InChI is InChI=1S/C13H8F2N2O4S2/c14-13(15,22-11-5-1-9(2-6-11)16(18)19)23-12-7-3-10(4-8-12)17(20)21/h1-8H. The number of halogens is 2. The van der Waals surface area contributed by atoms with E-state index in [9.17, 15) is 29.0 Å². The molecule has 0 saturated carbocycles. The summed E-state index contributed by atoms with van der Waals surface area (Å²) in [6, 6.07) is 9.56. The first-order valence-electron chi connectivity index (χ1n) is 6.01. The Kier molecular flexibility index (Phi) is 5.16. The number of nitrogens with zero attached hydrogens (tertiary/aromatic N) is 2. The molecule has 120 valence electrons. The number of hydrogen-bond donors (Lipinski definition) is 0. The molecule has 0 heterocycles. The third-order valence-corrected chi connectivity index (χ3v) is 4.56. The lowest BCUT2D eigenvalue weighted by atomic mass is 10.3. The highest BCUT2D eigenvalue weighted by Gasteiger charge is 2.32. The van der Waals surface area contributed by atoms with Crippen molar-refractivity contribution >= 4 is 34.9 Å². The molecule has 0 radical (unpaired) electrons. The van der Waals surface area contributed by atoms with Gasteiger partial charge >= 0.3 is 4.59 Å². The second-order valence-electron chi connectivity index (χ2n) is 4.17. The number of non-ortho nitro benzene ring substituents is 2. The zero-order chi connectivity index (χ0) is 17.0. The van der Waals surface area contributed by atoms with Gasteiger partial charge in [0, 0.05) is 34.1 Å². The molecule has 0 amide bonds. The summed E-state index contributed by atoms with van der Waals surface area (Å²) in [4.78, 5) is 20.2. The Morgan fingerprint density at radius 2 is 1.04 bits per heavy atom. The Morgan fingerprint density at radius 3 is 1.30 bits per heavy atom. The Bertz CT molecular complexity index is 662.